The van der Waals surface area contributed by atoms with Gasteiger partial charge in [0.15, 0.2) is 0 Å². The molecule has 0 spiro atoms. The first kappa shape index (κ1) is 21.5. The van der Waals surface area contributed by atoms with E-state index < -0.39 is 11.8 Å². The summed E-state index contributed by atoms with van der Waals surface area (Å²) in [5.41, 5.74) is 3.00. The Balaban J connectivity index is 1.84. The van der Waals surface area contributed by atoms with Crippen LogP contribution in [0.2, 0.25) is 5.02 Å². The van der Waals surface area contributed by atoms with Crippen LogP contribution < -0.4 is 19.7 Å². The third-order valence-corrected chi connectivity index (χ3v) is 5.42. The third-order valence-electron chi connectivity index (χ3n) is 5.19. The van der Waals surface area contributed by atoms with Crippen LogP contribution in [0.1, 0.15) is 11.1 Å². The molecular formula is C25H21ClN2O4. The molecule has 1 heterocycles. The van der Waals surface area contributed by atoms with Gasteiger partial charge in [0.05, 0.1) is 25.5 Å². The summed E-state index contributed by atoms with van der Waals surface area (Å²) in [4.78, 5) is 28.2. The molecule has 0 aromatic heterocycles. The lowest BCUT2D eigenvalue weighted by molar-refractivity contribution is -0.120. The molecule has 1 N–H and O–H groups in total. The molecule has 0 saturated heterocycles. The Bertz CT molecular complexity index is 1220. The molecule has 0 saturated carbocycles. The Kier molecular flexibility index (Phi) is 5.88. The highest BCUT2D eigenvalue weighted by atomic mass is 35.5. The average Bonchev–Trinajstić information content (AvgIpc) is 3.05. The van der Waals surface area contributed by atoms with Gasteiger partial charge in [-0.3, -0.25) is 9.59 Å². The van der Waals surface area contributed by atoms with Gasteiger partial charge in [0.2, 0.25) is 0 Å². The number of nitrogens with zero attached hydrogens (tertiary/aromatic N) is 1. The van der Waals surface area contributed by atoms with Crippen LogP contribution in [-0.4, -0.2) is 26.0 Å². The summed E-state index contributed by atoms with van der Waals surface area (Å²) in [6.45, 7) is 1.88. The first-order valence-electron chi connectivity index (χ1n) is 9.87. The number of aryl methyl sites for hydroxylation is 1. The summed E-state index contributed by atoms with van der Waals surface area (Å²) in [5, 5.41) is 3.76. The van der Waals surface area contributed by atoms with Crippen molar-refractivity contribution in [1.29, 1.82) is 0 Å². The van der Waals surface area contributed by atoms with Crippen LogP contribution in [0.15, 0.2) is 72.4 Å². The number of amides is 2. The molecule has 6 nitrogen and oxygen atoms in total. The number of anilines is 2. The number of imide groups is 1. The summed E-state index contributed by atoms with van der Waals surface area (Å²) in [6, 6.07) is 19.3. The van der Waals surface area contributed by atoms with Crippen molar-refractivity contribution in [2.24, 2.45) is 0 Å². The van der Waals surface area contributed by atoms with Crippen molar-refractivity contribution in [1.82, 2.24) is 0 Å². The molecule has 32 heavy (non-hydrogen) atoms. The van der Waals surface area contributed by atoms with Gasteiger partial charge < -0.3 is 14.8 Å². The minimum Gasteiger partial charge on any atom is -0.497 e. The van der Waals surface area contributed by atoms with E-state index in [9.17, 15) is 9.59 Å². The number of nitrogens with one attached hydrogen (secondary N) is 1. The van der Waals surface area contributed by atoms with Crippen LogP contribution >= 0.6 is 11.6 Å². The fourth-order valence-corrected chi connectivity index (χ4v) is 3.80. The van der Waals surface area contributed by atoms with E-state index in [1.807, 2.05) is 25.1 Å². The monoisotopic (exact) mass is 448 g/mol. The van der Waals surface area contributed by atoms with Crippen molar-refractivity contribution in [3.8, 4) is 11.5 Å². The maximum Gasteiger partial charge on any atom is 0.282 e. The number of hydrogen-bond donors (Lipinski definition) is 1. The van der Waals surface area contributed by atoms with E-state index in [-0.39, 0.29) is 11.3 Å². The maximum absolute atomic E-state index is 13.6. The SMILES string of the molecule is COc1cc(OC)cc(N2C(=O)C(Nc3ccc(Cl)cc3C)=C(c3ccccc3)C2=O)c1. The summed E-state index contributed by atoms with van der Waals surface area (Å²) in [5.74, 6) is 0.0245. The highest BCUT2D eigenvalue weighted by molar-refractivity contribution is 6.46. The molecule has 2 amide bonds. The lowest BCUT2D eigenvalue weighted by Gasteiger charge is -2.17. The molecule has 0 unspecified atom stereocenters. The Morgan fingerprint density at radius 2 is 1.50 bits per heavy atom. The van der Waals surface area contributed by atoms with Gasteiger partial charge in [-0.2, -0.15) is 0 Å². The molecular weight excluding hydrogens is 428 g/mol. The van der Waals surface area contributed by atoms with E-state index in [0.29, 0.717) is 33.5 Å². The smallest absolute Gasteiger partial charge is 0.282 e. The first-order valence-corrected chi connectivity index (χ1v) is 10.3. The fraction of sp³-hybridized carbons (Fsp3) is 0.120. The number of carbonyl (C=O) groups excluding carboxylic acids is 2. The summed E-state index contributed by atoms with van der Waals surface area (Å²) in [6.07, 6.45) is 0. The van der Waals surface area contributed by atoms with Gasteiger partial charge in [0.1, 0.15) is 17.2 Å². The van der Waals surface area contributed by atoms with E-state index >= 15 is 0 Å². The second-order valence-electron chi connectivity index (χ2n) is 7.22. The number of hydrogen-bond acceptors (Lipinski definition) is 5. The Labute approximate surface area is 191 Å². The van der Waals surface area contributed by atoms with Crippen LogP contribution in [0.5, 0.6) is 11.5 Å². The zero-order valence-corrected chi connectivity index (χ0v) is 18.6. The fourth-order valence-electron chi connectivity index (χ4n) is 3.58. The van der Waals surface area contributed by atoms with Gasteiger partial charge >= 0.3 is 0 Å². The molecule has 1 aliphatic heterocycles. The Morgan fingerprint density at radius 1 is 0.844 bits per heavy atom. The number of benzene rings is 3. The van der Waals surface area contributed by atoms with Crippen LogP contribution in [-0.2, 0) is 9.59 Å². The van der Waals surface area contributed by atoms with Crippen molar-refractivity contribution in [2.75, 3.05) is 24.4 Å². The summed E-state index contributed by atoms with van der Waals surface area (Å²) >= 11 is 6.08. The lowest BCUT2D eigenvalue weighted by atomic mass is 10.0. The van der Waals surface area contributed by atoms with Gasteiger partial charge in [-0.25, -0.2) is 4.90 Å². The predicted octanol–water partition coefficient (Wildman–Crippen LogP) is 5.06. The molecule has 0 radical (unpaired) electrons. The lowest BCUT2D eigenvalue weighted by Crippen LogP contribution is -2.32. The van der Waals surface area contributed by atoms with Crippen LogP contribution in [0.4, 0.5) is 11.4 Å². The molecule has 3 aromatic rings. The maximum atomic E-state index is 13.6. The van der Waals surface area contributed by atoms with E-state index in [2.05, 4.69) is 5.32 Å². The van der Waals surface area contributed by atoms with Crippen molar-refractivity contribution >= 4 is 40.4 Å². The van der Waals surface area contributed by atoms with E-state index in [1.165, 1.54) is 14.2 Å². The Morgan fingerprint density at radius 3 is 2.09 bits per heavy atom. The first-order chi connectivity index (χ1) is 15.4. The van der Waals surface area contributed by atoms with Crippen molar-refractivity contribution in [3.63, 3.8) is 0 Å². The van der Waals surface area contributed by atoms with Gasteiger partial charge in [-0.15, -0.1) is 0 Å². The zero-order valence-electron chi connectivity index (χ0n) is 17.8. The second-order valence-corrected chi connectivity index (χ2v) is 7.65. The topological polar surface area (TPSA) is 67.9 Å². The van der Waals surface area contributed by atoms with Gasteiger partial charge in [0, 0.05) is 28.9 Å². The minimum absolute atomic E-state index is 0.188. The van der Waals surface area contributed by atoms with Crippen LogP contribution in [0, 0.1) is 6.92 Å². The van der Waals surface area contributed by atoms with Crippen molar-refractivity contribution in [2.45, 2.75) is 6.92 Å². The molecule has 0 bridgehead atoms. The van der Waals surface area contributed by atoms with Gasteiger partial charge in [-0.1, -0.05) is 41.9 Å². The Hall–Kier alpha value is -3.77. The number of carbonyl (C=O) groups is 2. The standard InChI is InChI=1S/C25H21ClN2O4/c1-15-11-17(26)9-10-21(15)27-23-22(16-7-5-4-6-8-16)24(29)28(25(23)30)18-12-19(31-2)14-20(13-18)32-3/h4-14,27H,1-3H3. The number of ether oxygens (including phenoxy) is 2. The summed E-state index contributed by atoms with van der Waals surface area (Å²) < 4.78 is 10.6. The average molecular weight is 449 g/mol. The van der Waals surface area contributed by atoms with Gasteiger partial charge in [-0.05, 0) is 36.2 Å². The van der Waals surface area contributed by atoms with Gasteiger partial charge in [0.25, 0.3) is 11.8 Å². The molecule has 7 heteroatoms. The quantitative estimate of drug-likeness (QED) is 0.534. The number of methoxy groups -OCH3 is 2. The number of rotatable bonds is 6. The molecule has 0 fully saturated rings. The molecule has 162 valence electrons. The van der Waals surface area contributed by atoms with Crippen molar-refractivity contribution in [3.05, 3.63) is 88.6 Å². The highest BCUT2D eigenvalue weighted by Crippen LogP contribution is 2.37. The molecule has 0 aliphatic carbocycles. The second kappa shape index (κ2) is 8.77. The summed E-state index contributed by atoms with van der Waals surface area (Å²) in [7, 11) is 3.02. The molecule has 0 atom stereocenters. The molecule has 3 aromatic carbocycles. The van der Waals surface area contributed by atoms with E-state index in [0.717, 1.165) is 10.5 Å². The molecule has 4 rings (SSSR count). The minimum atomic E-state index is -0.474. The van der Waals surface area contributed by atoms with Crippen LogP contribution in [0.3, 0.4) is 0 Å². The predicted molar refractivity (Wildman–Crippen MR) is 125 cm³/mol. The van der Waals surface area contributed by atoms with E-state index in [1.54, 1.807) is 48.5 Å². The zero-order chi connectivity index (χ0) is 22.8. The largest absolute Gasteiger partial charge is 0.497 e. The van der Waals surface area contributed by atoms with Crippen molar-refractivity contribution < 1.29 is 19.1 Å². The highest BCUT2D eigenvalue weighted by Gasteiger charge is 2.40. The molecule has 1 aliphatic rings. The third kappa shape index (κ3) is 3.92. The number of halogens is 1. The van der Waals surface area contributed by atoms with E-state index in [4.69, 9.17) is 21.1 Å². The normalized spacial score (nSPS) is 13.6. The van der Waals surface area contributed by atoms with Crippen LogP contribution in [0.25, 0.3) is 5.57 Å².